The molecule has 0 spiro atoms. The monoisotopic (exact) mass is 600 g/mol. The average Bonchev–Trinajstić information content (AvgIpc) is 3.42. The number of likely N-dealkylation sites (tertiary alicyclic amines) is 1. The second-order valence-corrected chi connectivity index (χ2v) is 11.6. The van der Waals surface area contributed by atoms with E-state index in [1.54, 1.807) is 13.2 Å². The predicted octanol–water partition coefficient (Wildman–Crippen LogP) is 4.83. The third kappa shape index (κ3) is 7.19. The molecule has 1 saturated heterocycles. The lowest BCUT2D eigenvalue weighted by Gasteiger charge is -2.32. The van der Waals surface area contributed by atoms with E-state index in [9.17, 15) is 9.59 Å². The van der Waals surface area contributed by atoms with Crippen LogP contribution in [0.15, 0.2) is 48.5 Å². The van der Waals surface area contributed by atoms with Gasteiger partial charge in [-0.15, -0.1) is 0 Å². The Morgan fingerprint density at radius 3 is 2.59 bits per heavy atom. The van der Waals surface area contributed by atoms with Gasteiger partial charge >= 0.3 is 5.97 Å². The molecule has 0 atom stereocenters. The summed E-state index contributed by atoms with van der Waals surface area (Å²) in [6.45, 7) is 5.85. The Balaban J connectivity index is 1.39. The van der Waals surface area contributed by atoms with Gasteiger partial charge < -0.3 is 24.7 Å². The molecule has 4 aromatic rings. The largest absolute Gasteiger partial charge is 0.465 e. The minimum atomic E-state index is -0.390. The number of esters is 1. The van der Waals surface area contributed by atoms with E-state index < -0.39 is 5.97 Å². The van der Waals surface area contributed by atoms with E-state index in [0.717, 1.165) is 84.9 Å². The summed E-state index contributed by atoms with van der Waals surface area (Å²) in [5.74, 6) is 1.12. The fourth-order valence-electron chi connectivity index (χ4n) is 6.11. The van der Waals surface area contributed by atoms with E-state index >= 15 is 0 Å². The summed E-state index contributed by atoms with van der Waals surface area (Å²) in [5, 5.41) is 1.03. The van der Waals surface area contributed by atoms with Gasteiger partial charge in [0.1, 0.15) is 11.3 Å². The van der Waals surface area contributed by atoms with E-state index in [2.05, 4.69) is 27.4 Å². The predicted molar refractivity (Wildman–Crippen MR) is 172 cm³/mol. The molecule has 44 heavy (non-hydrogen) atoms. The number of hydrogen-bond acceptors (Lipinski definition) is 8. The number of methoxy groups -OCH3 is 2. The number of nitrogens with zero attached hydrogens (tertiary/aromatic N) is 5. The lowest BCUT2D eigenvalue weighted by atomic mass is 10.1. The molecule has 3 heterocycles. The van der Waals surface area contributed by atoms with Crippen LogP contribution in [0.1, 0.15) is 60.8 Å². The van der Waals surface area contributed by atoms with Crippen LogP contribution in [0.4, 0.5) is 5.82 Å². The van der Waals surface area contributed by atoms with Crippen LogP contribution in [0.3, 0.4) is 0 Å². The van der Waals surface area contributed by atoms with Crippen molar-refractivity contribution in [2.75, 3.05) is 46.1 Å². The number of hydrogen-bond donors (Lipinski definition) is 1. The number of pyridine rings is 1. The van der Waals surface area contributed by atoms with Crippen molar-refractivity contribution in [1.82, 2.24) is 24.3 Å². The first-order valence-electron chi connectivity index (χ1n) is 15.6. The number of carbonyl (C=O) groups excluding carboxylic acids is 2. The topological polar surface area (TPSA) is 116 Å². The average molecular weight is 601 g/mol. The Hall–Kier alpha value is -4.02. The van der Waals surface area contributed by atoms with E-state index in [4.69, 9.17) is 20.2 Å². The van der Waals surface area contributed by atoms with Crippen molar-refractivity contribution >= 4 is 39.6 Å². The van der Waals surface area contributed by atoms with Crippen molar-refractivity contribution in [3.63, 3.8) is 0 Å². The van der Waals surface area contributed by atoms with Crippen molar-refractivity contribution in [3.05, 3.63) is 65.5 Å². The Kier molecular flexibility index (Phi) is 10.4. The molecule has 0 unspecified atom stereocenters. The van der Waals surface area contributed by atoms with Crippen LogP contribution >= 0.6 is 0 Å². The number of benzene rings is 2. The minimum absolute atomic E-state index is 0.0740. The molecule has 0 bridgehead atoms. The zero-order chi connectivity index (χ0) is 31.1. The van der Waals surface area contributed by atoms with Crippen molar-refractivity contribution < 1.29 is 19.1 Å². The molecule has 1 aliphatic rings. The number of rotatable bonds is 13. The molecule has 1 fully saturated rings. The molecule has 0 saturated carbocycles. The smallest absolute Gasteiger partial charge is 0.337 e. The van der Waals surface area contributed by atoms with Gasteiger partial charge in [-0.1, -0.05) is 43.7 Å². The highest BCUT2D eigenvalue weighted by Gasteiger charge is 2.24. The van der Waals surface area contributed by atoms with Crippen LogP contribution in [0.25, 0.3) is 21.9 Å². The molecule has 0 aliphatic carbocycles. The second-order valence-electron chi connectivity index (χ2n) is 11.6. The quantitative estimate of drug-likeness (QED) is 0.217. The first-order chi connectivity index (χ1) is 21.4. The molecular formula is C34H44N6O4. The standard InChI is InChI=1S/C34H44N6O4/c1-4-5-14-29-37-31-32(27-12-6-7-13-28(27)36-33(31)35)40(29)18-9-17-39(22-24-10-8-11-25(21-24)34(42)44-3)30(41)23-38-19-15-26(43-2)16-20-38/h6-8,10-13,21,26H,4-5,9,14-20,22-23H2,1-3H3,(H2,35,36). The molecular weight excluding hydrogens is 556 g/mol. The van der Waals surface area contributed by atoms with Crippen LogP contribution < -0.4 is 5.73 Å². The van der Waals surface area contributed by atoms with Gasteiger partial charge in [-0.3, -0.25) is 9.69 Å². The maximum atomic E-state index is 13.8. The zero-order valence-electron chi connectivity index (χ0n) is 26.1. The van der Waals surface area contributed by atoms with Gasteiger partial charge in [0.2, 0.25) is 5.91 Å². The van der Waals surface area contributed by atoms with Gasteiger partial charge in [0.05, 0.1) is 36.4 Å². The molecule has 234 valence electrons. The van der Waals surface area contributed by atoms with Crippen molar-refractivity contribution in [3.8, 4) is 0 Å². The zero-order valence-corrected chi connectivity index (χ0v) is 26.1. The summed E-state index contributed by atoms with van der Waals surface area (Å²) in [5.41, 5.74) is 10.4. The number of para-hydroxylation sites is 1. The highest BCUT2D eigenvalue weighted by atomic mass is 16.5. The summed E-state index contributed by atoms with van der Waals surface area (Å²) < 4.78 is 12.7. The number of nitrogen functional groups attached to an aromatic ring is 1. The number of unbranched alkanes of at least 4 members (excludes halogenated alkanes) is 1. The van der Waals surface area contributed by atoms with E-state index in [1.165, 1.54) is 7.11 Å². The third-order valence-electron chi connectivity index (χ3n) is 8.55. The number of piperidine rings is 1. The number of amides is 1. The van der Waals surface area contributed by atoms with Crippen LogP contribution in [-0.2, 0) is 33.8 Å². The van der Waals surface area contributed by atoms with E-state index in [1.807, 2.05) is 41.3 Å². The molecule has 2 aromatic heterocycles. The van der Waals surface area contributed by atoms with Gasteiger partial charge in [-0.25, -0.2) is 14.8 Å². The summed E-state index contributed by atoms with van der Waals surface area (Å²) >= 11 is 0. The molecule has 10 nitrogen and oxygen atoms in total. The van der Waals surface area contributed by atoms with Gasteiger partial charge in [0.25, 0.3) is 0 Å². The molecule has 1 amide bonds. The Labute approximate surface area is 259 Å². The SMILES string of the molecule is CCCCc1nc2c(N)nc3ccccc3c2n1CCCN(Cc1cccc(C(=O)OC)c1)C(=O)CN1CCC(OC)CC1. The van der Waals surface area contributed by atoms with Crippen LogP contribution in [0.5, 0.6) is 0 Å². The van der Waals surface area contributed by atoms with E-state index in [0.29, 0.717) is 37.6 Å². The molecule has 0 radical (unpaired) electrons. The number of aromatic nitrogens is 3. The molecule has 2 aromatic carbocycles. The second kappa shape index (κ2) is 14.6. The Morgan fingerprint density at radius 1 is 1.05 bits per heavy atom. The fraction of sp³-hybridized carbons (Fsp3) is 0.471. The first-order valence-corrected chi connectivity index (χ1v) is 15.6. The van der Waals surface area contributed by atoms with Crippen LogP contribution in [0.2, 0.25) is 0 Å². The Bertz CT molecular complexity index is 1590. The van der Waals surface area contributed by atoms with Gasteiger partial charge in [0, 0.05) is 51.6 Å². The maximum Gasteiger partial charge on any atom is 0.337 e. The summed E-state index contributed by atoms with van der Waals surface area (Å²) in [6, 6.07) is 15.4. The third-order valence-corrected chi connectivity index (χ3v) is 8.55. The van der Waals surface area contributed by atoms with Crippen LogP contribution in [-0.4, -0.2) is 82.7 Å². The number of aryl methyl sites for hydroxylation is 2. The highest BCUT2D eigenvalue weighted by Crippen LogP contribution is 2.29. The number of fused-ring (bicyclic) bond motifs is 3. The summed E-state index contributed by atoms with van der Waals surface area (Å²) in [4.78, 5) is 39.7. The molecule has 10 heteroatoms. The number of nitrogens with two attached hydrogens (primary N) is 1. The molecule has 1 aliphatic heterocycles. The number of carbonyl (C=O) groups is 2. The Morgan fingerprint density at radius 2 is 1.84 bits per heavy atom. The van der Waals surface area contributed by atoms with Gasteiger partial charge in [-0.05, 0) is 49.4 Å². The van der Waals surface area contributed by atoms with Crippen molar-refractivity contribution in [1.29, 1.82) is 0 Å². The van der Waals surface area contributed by atoms with E-state index in [-0.39, 0.29) is 12.0 Å². The molecule has 5 rings (SSSR count). The highest BCUT2D eigenvalue weighted by molar-refractivity contribution is 6.06. The maximum absolute atomic E-state index is 13.8. The summed E-state index contributed by atoms with van der Waals surface area (Å²) in [7, 11) is 3.12. The lowest BCUT2D eigenvalue weighted by Crippen LogP contribution is -2.44. The van der Waals surface area contributed by atoms with Crippen molar-refractivity contribution in [2.24, 2.45) is 0 Å². The minimum Gasteiger partial charge on any atom is -0.465 e. The fourth-order valence-corrected chi connectivity index (χ4v) is 6.11. The summed E-state index contributed by atoms with van der Waals surface area (Å²) in [6.07, 6.45) is 5.76. The number of ether oxygens (including phenoxy) is 2. The van der Waals surface area contributed by atoms with Gasteiger partial charge in [-0.2, -0.15) is 0 Å². The number of anilines is 1. The van der Waals surface area contributed by atoms with Gasteiger partial charge in [0.15, 0.2) is 5.82 Å². The van der Waals surface area contributed by atoms with Crippen molar-refractivity contribution in [2.45, 2.75) is 64.6 Å². The molecule has 2 N–H and O–H groups in total. The first kappa shape index (κ1) is 31.4. The lowest BCUT2D eigenvalue weighted by molar-refractivity contribution is -0.133. The number of imidazole rings is 1. The normalized spacial score (nSPS) is 14.3. The van der Waals surface area contributed by atoms with Crippen LogP contribution in [0, 0.1) is 0 Å².